The molecule has 2 rings (SSSR count). The Morgan fingerprint density at radius 2 is 1.68 bits per heavy atom. The minimum atomic E-state index is 0.117. The van der Waals surface area contributed by atoms with Gasteiger partial charge in [-0.05, 0) is 35.5 Å². The summed E-state index contributed by atoms with van der Waals surface area (Å²) in [4.78, 5) is 14.2. The average Bonchev–Trinajstić information content (AvgIpc) is 2.52. The first-order valence-electron chi connectivity index (χ1n) is 8.43. The number of likely N-dealkylation sites (N-methyl/N-ethyl adjacent to an activating group) is 1. The van der Waals surface area contributed by atoms with E-state index in [2.05, 4.69) is 45.0 Å². The zero-order valence-electron chi connectivity index (χ0n) is 14.4. The maximum atomic E-state index is 12.3. The van der Waals surface area contributed by atoms with Crippen molar-refractivity contribution in [2.24, 2.45) is 0 Å². The summed E-state index contributed by atoms with van der Waals surface area (Å²) in [5.74, 6) is 0.117. The first kappa shape index (κ1) is 16.8. The fourth-order valence-corrected chi connectivity index (χ4v) is 3.03. The lowest BCUT2D eigenvalue weighted by atomic mass is 9.87. The van der Waals surface area contributed by atoms with Crippen LogP contribution in [0.1, 0.15) is 64.0 Å². The molecule has 2 heteroatoms. The van der Waals surface area contributed by atoms with E-state index in [9.17, 15) is 4.79 Å². The van der Waals surface area contributed by atoms with Crippen LogP contribution in [0.2, 0.25) is 0 Å². The lowest BCUT2D eigenvalue weighted by Crippen LogP contribution is -2.37. The minimum Gasteiger partial charge on any atom is -0.339 e. The molecule has 0 spiro atoms. The molecule has 1 aromatic carbocycles. The van der Waals surface area contributed by atoms with Crippen molar-refractivity contribution >= 4 is 12.0 Å². The van der Waals surface area contributed by atoms with Crippen LogP contribution in [0, 0.1) is 0 Å². The molecular weight excluding hydrogens is 270 g/mol. The SMILES string of the molecule is CN(C(=O)/C=C/c1ccc(C(C)(C)C)cc1)C1CCCCC1. The molecule has 1 amide bonds. The third-order valence-corrected chi connectivity index (χ3v) is 4.67. The highest BCUT2D eigenvalue weighted by atomic mass is 16.2. The topological polar surface area (TPSA) is 20.3 Å². The summed E-state index contributed by atoms with van der Waals surface area (Å²) in [6.45, 7) is 6.63. The molecule has 0 aromatic heterocycles. The van der Waals surface area contributed by atoms with E-state index in [0.717, 1.165) is 18.4 Å². The second-order valence-corrected chi connectivity index (χ2v) is 7.45. The Bertz CT molecular complexity index is 516. The highest BCUT2D eigenvalue weighted by molar-refractivity contribution is 5.91. The van der Waals surface area contributed by atoms with Crippen molar-refractivity contribution in [3.05, 3.63) is 41.5 Å². The Labute approximate surface area is 135 Å². The number of carbonyl (C=O) groups excluding carboxylic acids is 1. The normalized spacial score (nSPS) is 16.9. The van der Waals surface area contributed by atoms with Gasteiger partial charge in [0.2, 0.25) is 5.91 Å². The molecule has 0 aliphatic heterocycles. The van der Waals surface area contributed by atoms with Crippen LogP contribution < -0.4 is 0 Å². The van der Waals surface area contributed by atoms with Gasteiger partial charge in [-0.15, -0.1) is 0 Å². The van der Waals surface area contributed by atoms with Gasteiger partial charge in [0.25, 0.3) is 0 Å². The molecule has 0 bridgehead atoms. The van der Waals surface area contributed by atoms with Crippen LogP contribution in [-0.4, -0.2) is 23.9 Å². The molecule has 1 aromatic rings. The summed E-state index contributed by atoms with van der Waals surface area (Å²) in [6.07, 6.45) is 9.75. The fraction of sp³-hybridized carbons (Fsp3) is 0.550. The van der Waals surface area contributed by atoms with E-state index < -0.39 is 0 Å². The number of hydrogen-bond donors (Lipinski definition) is 0. The summed E-state index contributed by atoms with van der Waals surface area (Å²) in [7, 11) is 1.94. The average molecular weight is 299 g/mol. The van der Waals surface area contributed by atoms with Crippen molar-refractivity contribution in [3.63, 3.8) is 0 Å². The number of amides is 1. The molecule has 0 heterocycles. The van der Waals surface area contributed by atoms with Crippen molar-refractivity contribution in [1.29, 1.82) is 0 Å². The van der Waals surface area contributed by atoms with Crippen molar-refractivity contribution in [2.45, 2.75) is 64.3 Å². The van der Waals surface area contributed by atoms with E-state index in [1.165, 1.54) is 24.8 Å². The Hall–Kier alpha value is -1.57. The van der Waals surface area contributed by atoms with Gasteiger partial charge in [-0.2, -0.15) is 0 Å². The minimum absolute atomic E-state index is 0.117. The first-order valence-corrected chi connectivity index (χ1v) is 8.43. The predicted octanol–water partition coefficient (Wildman–Crippen LogP) is 4.79. The number of nitrogens with zero attached hydrogens (tertiary/aromatic N) is 1. The lowest BCUT2D eigenvalue weighted by Gasteiger charge is -2.30. The molecule has 0 atom stereocenters. The Morgan fingerprint density at radius 1 is 1.09 bits per heavy atom. The standard InChI is InChI=1S/C20H29NO/c1-20(2,3)17-13-10-16(11-14-17)12-15-19(22)21(4)18-8-6-5-7-9-18/h10-15,18H,5-9H2,1-4H3/b15-12+. The van der Waals surface area contributed by atoms with E-state index in [1.807, 2.05) is 18.0 Å². The van der Waals surface area contributed by atoms with Gasteiger partial charge in [-0.25, -0.2) is 0 Å². The van der Waals surface area contributed by atoms with Gasteiger partial charge in [0.05, 0.1) is 0 Å². The summed E-state index contributed by atoms with van der Waals surface area (Å²) in [5, 5.41) is 0. The summed E-state index contributed by atoms with van der Waals surface area (Å²) in [5.41, 5.74) is 2.56. The zero-order chi connectivity index (χ0) is 16.2. The number of benzene rings is 1. The monoisotopic (exact) mass is 299 g/mol. The molecule has 0 unspecified atom stereocenters. The van der Waals surface area contributed by atoms with Crippen LogP contribution in [0.3, 0.4) is 0 Å². The zero-order valence-corrected chi connectivity index (χ0v) is 14.4. The highest BCUT2D eigenvalue weighted by Gasteiger charge is 2.20. The van der Waals surface area contributed by atoms with Crippen LogP contribution in [0.4, 0.5) is 0 Å². The van der Waals surface area contributed by atoms with E-state index >= 15 is 0 Å². The van der Waals surface area contributed by atoms with Crippen LogP contribution >= 0.6 is 0 Å². The third-order valence-electron chi connectivity index (χ3n) is 4.67. The van der Waals surface area contributed by atoms with Crippen molar-refractivity contribution in [2.75, 3.05) is 7.05 Å². The quantitative estimate of drug-likeness (QED) is 0.735. The third kappa shape index (κ3) is 4.46. The van der Waals surface area contributed by atoms with Gasteiger partial charge >= 0.3 is 0 Å². The van der Waals surface area contributed by atoms with Crippen LogP contribution in [0.25, 0.3) is 6.08 Å². The maximum absolute atomic E-state index is 12.3. The van der Waals surface area contributed by atoms with Gasteiger partial charge < -0.3 is 4.90 Å². The van der Waals surface area contributed by atoms with Gasteiger partial charge in [-0.3, -0.25) is 4.79 Å². The Balaban J connectivity index is 1.97. The number of carbonyl (C=O) groups is 1. The van der Waals surface area contributed by atoms with E-state index in [0.29, 0.717) is 6.04 Å². The molecule has 22 heavy (non-hydrogen) atoms. The second-order valence-electron chi connectivity index (χ2n) is 7.45. The summed E-state index contributed by atoms with van der Waals surface area (Å²) < 4.78 is 0. The highest BCUT2D eigenvalue weighted by Crippen LogP contribution is 2.23. The lowest BCUT2D eigenvalue weighted by molar-refractivity contribution is -0.127. The molecular formula is C20H29NO. The fourth-order valence-electron chi connectivity index (χ4n) is 3.03. The molecule has 1 fully saturated rings. The van der Waals surface area contributed by atoms with Crippen molar-refractivity contribution < 1.29 is 4.79 Å². The molecule has 1 aliphatic carbocycles. The van der Waals surface area contributed by atoms with E-state index in [4.69, 9.17) is 0 Å². The first-order chi connectivity index (χ1) is 10.4. The molecule has 2 nitrogen and oxygen atoms in total. The molecule has 0 saturated heterocycles. The smallest absolute Gasteiger partial charge is 0.246 e. The largest absolute Gasteiger partial charge is 0.339 e. The predicted molar refractivity (Wildman–Crippen MR) is 93.8 cm³/mol. The number of rotatable bonds is 3. The maximum Gasteiger partial charge on any atom is 0.246 e. The van der Waals surface area contributed by atoms with Gasteiger partial charge in [0.15, 0.2) is 0 Å². The molecule has 0 N–H and O–H groups in total. The molecule has 1 saturated carbocycles. The Morgan fingerprint density at radius 3 is 2.23 bits per heavy atom. The van der Waals surface area contributed by atoms with Crippen molar-refractivity contribution in [1.82, 2.24) is 4.90 Å². The van der Waals surface area contributed by atoms with Crippen LogP contribution in [0.5, 0.6) is 0 Å². The molecule has 0 radical (unpaired) electrons. The summed E-state index contributed by atoms with van der Waals surface area (Å²) in [6, 6.07) is 8.90. The Kier molecular flexibility index (Phi) is 5.44. The van der Waals surface area contributed by atoms with Crippen LogP contribution in [-0.2, 0) is 10.2 Å². The molecule has 1 aliphatic rings. The van der Waals surface area contributed by atoms with Crippen LogP contribution in [0.15, 0.2) is 30.3 Å². The van der Waals surface area contributed by atoms with Gasteiger partial charge in [0, 0.05) is 19.2 Å². The number of hydrogen-bond acceptors (Lipinski definition) is 1. The summed E-state index contributed by atoms with van der Waals surface area (Å²) >= 11 is 0. The van der Waals surface area contributed by atoms with Gasteiger partial charge in [-0.1, -0.05) is 64.3 Å². The van der Waals surface area contributed by atoms with Crippen molar-refractivity contribution in [3.8, 4) is 0 Å². The van der Waals surface area contributed by atoms with Gasteiger partial charge in [0.1, 0.15) is 0 Å². The van der Waals surface area contributed by atoms with E-state index in [-0.39, 0.29) is 11.3 Å². The van der Waals surface area contributed by atoms with E-state index in [1.54, 1.807) is 6.08 Å². The molecule has 120 valence electrons. The second kappa shape index (κ2) is 7.13.